The van der Waals surface area contributed by atoms with E-state index < -0.39 is 11.4 Å². The molecule has 0 radical (unpaired) electrons. The molecule has 0 spiro atoms. The van der Waals surface area contributed by atoms with Crippen LogP contribution in [0.1, 0.15) is 46.0 Å². The number of hydrogen-bond donors (Lipinski definition) is 2. The van der Waals surface area contributed by atoms with Crippen LogP contribution in [0.5, 0.6) is 0 Å². The second-order valence-electron chi connectivity index (χ2n) is 5.49. The van der Waals surface area contributed by atoms with E-state index in [1.54, 1.807) is 13.8 Å². The Hall–Kier alpha value is -1.10. The maximum absolute atomic E-state index is 11.6. The summed E-state index contributed by atoms with van der Waals surface area (Å²) < 4.78 is 5.55. The lowest BCUT2D eigenvalue weighted by molar-refractivity contribution is -0.149. The highest BCUT2D eigenvalue weighted by atomic mass is 16.5. The fourth-order valence-electron chi connectivity index (χ4n) is 1.95. The van der Waals surface area contributed by atoms with Crippen LogP contribution in [-0.2, 0) is 14.3 Å². The maximum atomic E-state index is 11.6. The number of amides is 1. The Bertz CT molecular complexity index is 295. The summed E-state index contributed by atoms with van der Waals surface area (Å²) in [5.74, 6) is -1.16. The average Bonchev–Trinajstić information content (AvgIpc) is 2.29. The lowest BCUT2D eigenvalue weighted by atomic mass is 9.89. The summed E-state index contributed by atoms with van der Waals surface area (Å²) in [7, 11) is 0. The SMILES string of the molecule is CC(C)(CC(=O)NCCC1CCCCO1)C(=O)O. The standard InChI is InChI=1S/C13H23NO4/c1-13(2,12(16)17)9-11(15)14-7-6-10-5-3-4-8-18-10/h10H,3-9H2,1-2H3,(H,14,15)(H,16,17). The topological polar surface area (TPSA) is 75.6 Å². The molecule has 5 nitrogen and oxygen atoms in total. The smallest absolute Gasteiger partial charge is 0.309 e. The number of nitrogens with one attached hydrogen (secondary N) is 1. The summed E-state index contributed by atoms with van der Waals surface area (Å²) in [5.41, 5.74) is -1.01. The molecule has 1 saturated heterocycles. The third kappa shape index (κ3) is 5.04. The van der Waals surface area contributed by atoms with Crippen LogP contribution in [0, 0.1) is 5.41 Å². The van der Waals surface area contributed by atoms with Gasteiger partial charge in [0.25, 0.3) is 0 Å². The van der Waals surface area contributed by atoms with Crippen molar-refractivity contribution < 1.29 is 19.4 Å². The van der Waals surface area contributed by atoms with E-state index >= 15 is 0 Å². The van der Waals surface area contributed by atoms with Crippen LogP contribution < -0.4 is 5.32 Å². The number of rotatable bonds is 6. The zero-order valence-corrected chi connectivity index (χ0v) is 11.2. The summed E-state index contributed by atoms with van der Waals surface area (Å²) in [6.07, 6.45) is 4.41. The number of hydrogen-bond acceptors (Lipinski definition) is 3. The van der Waals surface area contributed by atoms with E-state index in [0.29, 0.717) is 6.54 Å². The number of ether oxygens (including phenoxy) is 1. The third-order valence-corrected chi connectivity index (χ3v) is 3.24. The van der Waals surface area contributed by atoms with Crippen molar-refractivity contribution in [2.75, 3.05) is 13.2 Å². The minimum atomic E-state index is -1.01. The predicted octanol–water partition coefficient (Wildman–Crippen LogP) is 1.56. The Morgan fingerprint density at radius 3 is 2.67 bits per heavy atom. The van der Waals surface area contributed by atoms with Crippen molar-refractivity contribution in [2.24, 2.45) is 5.41 Å². The molecule has 18 heavy (non-hydrogen) atoms. The number of carbonyl (C=O) groups is 2. The molecule has 1 aliphatic rings. The van der Waals surface area contributed by atoms with E-state index in [2.05, 4.69) is 5.32 Å². The Kier molecular flexibility index (Phi) is 5.59. The largest absolute Gasteiger partial charge is 0.481 e. The molecule has 1 atom stereocenters. The predicted molar refractivity (Wildman–Crippen MR) is 67.3 cm³/mol. The van der Waals surface area contributed by atoms with Crippen LogP contribution in [-0.4, -0.2) is 36.2 Å². The van der Waals surface area contributed by atoms with Gasteiger partial charge >= 0.3 is 5.97 Å². The van der Waals surface area contributed by atoms with Crippen LogP contribution in [0.2, 0.25) is 0 Å². The van der Waals surface area contributed by atoms with Crippen LogP contribution in [0.3, 0.4) is 0 Å². The molecule has 1 fully saturated rings. The minimum absolute atomic E-state index is 0.00779. The van der Waals surface area contributed by atoms with Crippen molar-refractivity contribution in [1.82, 2.24) is 5.32 Å². The Balaban J connectivity index is 2.18. The zero-order chi connectivity index (χ0) is 13.6. The van der Waals surface area contributed by atoms with Gasteiger partial charge in [0.15, 0.2) is 0 Å². The second-order valence-corrected chi connectivity index (χ2v) is 5.49. The molecule has 0 aliphatic carbocycles. The van der Waals surface area contributed by atoms with Crippen LogP contribution in [0.15, 0.2) is 0 Å². The molecule has 1 amide bonds. The quantitative estimate of drug-likeness (QED) is 0.757. The van der Waals surface area contributed by atoms with E-state index in [1.165, 1.54) is 6.42 Å². The number of carboxylic acid groups (broad SMARTS) is 1. The molecule has 5 heteroatoms. The molecular weight excluding hydrogens is 234 g/mol. The summed E-state index contributed by atoms with van der Waals surface area (Å²) in [4.78, 5) is 22.5. The van der Waals surface area contributed by atoms with E-state index in [1.807, 2.05) is 0 Å². The van der Waals surface area contributed by atoms with Gasteiger partial charge in [0.2, 0.25) is 5.91 Å². The second kappa shape index (κ2) is 6.73. The number of carboxylic acids is 1. The van der Waals surface area contributed by atoms with Gasteiger partial charge in [-0.1, -0.05) is 0 Å². The van der Waals surface area contributed by atoms with Gasteiger partial charge < -0.3 is 15.2 Å². The van der Waals surface area contributed by atoms with Gasteiger partial charge in [-0.05, 0) is 39.5 Å². The molecule has 0 saturated carbocycles. The fraction of sp³-hybridized carbons (Fsp3) is 0.846. The molecule has 1 aliphatic heterocycles. The van der Waals surface area contributed by atoms with Crippen LogP contribution in [0.25, 0.3) is 0 Å². The lowest BCUT2D eigenvalue weighted by Crippen LogP contribution is -2.35. The van der Waals surface area contributed by atoms with E-state index in [0.717, 1.165) is 25.9 Å². The number of carbonyl (C=O) groups excluding carboxylic acids is 1. The minimum Gasteiger partial charge on any atom is -0.481 e. The first-order valence-electron chi connectivity index (χ1n) is 6.53. The van der Waals surface area contributed by atoms with E-state index in [-0.39, 0.29) is 18.4 Å². The molecule has 1 unspecified atom stereocenters. The molecule has 2 N–H and O–H groups in total. The number of aliphatic carboxylic acids is 1. The monoisotopic (exact) mass is 257 g/mol. The van der Waals surface area contributed by atoms with E-state index in [9.17, 15) is 9.59 Å². The molecule has 1 rings (SSSR count). The molecule has 0 aromatic carbocycles. The fourth-order valence-corrected chi connectivity index (χ4v) is 1.95. The molecule has 104 valence electrons. The van der Waals surface area contributed by atoms with E-state index in [4.69, 9.17) is 9.84 Å². The van der Waals surface area contributed by atoms with Crippen molar-refractivity contribution in [3.63, 3.8) is 0 Å². The highest BCUT2D eigenvalue weighted by molar-refractivity contribution is 5.84. The third-order valence-electron chi connectivity index (χ3n) is 3.24. The average molecular weight is 257 g/mol. The summed E-state index contributed by atoms with van der Waals surface area (Å²) in [5, 5.41) is 11.7. The van der Waals surface area contributed by atoms with Crippen LogP contribution in [0.4, 0.5) is 0 Å². The maximum Gasteiger partial charge on any atom is 0.309 e. The summed E-state index contributed by atoms with van der Waals surface area (Å²) in [6.45, 7) is 4.47. The summed E-state index contributed by atoms with van der Waals surface area (Å²) in [6, 6.07) is 0. The van der Waals surface area contributed by atoms with Gasteiger partial charge in [0.1, 0.15) is 0 Å². The van der Waals surface area contributed by atoms with Crippen molar-refractivity contribution in [3.8, 4) is 0 Å². The Morgan fingerprint density at radius 2 is 2.11 bits per heavy atom. The first-order chi connectivity index (χ1) is 8.42. The van der Waals surface area contributed by atoms with Crippen LogP contribution >= 0.6 is 0 Å². The van der Waals surface area contributed by atoms with Crippen molar-refractivity contribution in [3.05, 3.63) is 0 Å². The first-order valence-corrected chi connectivity index (χ1v) is 6.53. The van der Waals surface area contributed by atoms with Crippen molar-refractivity contribution >= 4 is 11.9 Å². The molecule has 0 bridgehead atoms. The molecule has 0 aromatic rings. The highest BCUT2D eigenvalue weighted by Gasteiger charge is 2.30. The molecule has 1 heterocycles. The Morgan fingerprint density at radius 1 is 1.39 bits per heavy atom. The molecule has 0 aromatic heterocycles. The van der Waals surface area contributed by atoms with Gasteiger partial charge in [-0.3, -0.25) is 9.59 Å². The highest BCUT2D eigenvalue weighted by Crippen LogP contribution is 2.20. The zero-order valence-electron chi connectivity index (χ0n) is 11.2. The first kappa shape index (κ1) is 15.0. The Labute approximate surface area is 108 Å². The van der Waals surface area contributed by atoms with Crippen molar-refractivity contribution in [1.29, 1.82) is 0 Å². The lowest BCUT2D eigenvalue weighted by Gasteiger charge is -2.23. The van der Waals surface area contributed by atoms with Gasteiger partial charge in [-0.25, -0.2) is 0 Å². The van der Waals surface area contributed by atoms with Gasteiger partial charge in [0, 0.05) is 19.6 Å². The normalized spacial score (nSPS) is 20.4. The van der Waals surface area contributed by atoms with Gasteiger partial charge in [0.05, 0.1) is 11.5 Å². The van der Waals surface area contributed by atoms with Crippen molar-refractivity contribution in [2.45, 2.75) is 52.1 Å². The molecular formula is C13H23NO4. The summed E-state index contributed by atoms with van der Waals surface area (Å²) >= 11 is 0. The van der Waals surface area contributed by atoms with Gasteiger partial charge in [-0.2, -0.15) is 0 Å². The van der Waals surface area contributed by atoms with Gasteiger partial charge in [-0.15, -0.1) is 0 Å².